The minimum absolute atomic E-state index is 0.300. The number of aromatic nitrogens is 2. The van der Waals surface area contributed by atoms with Gasteiger partial charge < -0.3 is 9.47 Å². The van der Waals surface area contributed by atoms with Crippen molar-refractivity contribution in [2.45, 2.75) is 25.0 Å². The Bertz CT molecular complexity index is 587. The lowest BCUT2D eigenvalue weighted by molar-refractivity contribution is -0.138. The van der Waals surface area contributed by atoms with Crippen molar-refractivity contribution < 1.29 is 9.47 Å². The molecule has 1 N–H and O–H groups in total. The molecule has 0 spiro atoms. The standard InChI is InChI=1S/C9H11N5O4/c1-17-8-5(12-13-10)4-7(18-8)14-3-2-6(15)11-9(14)16/h2-3,5,7-8H,4H2,1H3,(H,11,15,16)/t5-,7+,8-/m0/s1. The van der Waals surface area contributed by atoms with Crippen molar-refractivity contribution in [2.24, 2.45) is 5.11 Å². The van der Waals surface area contributed by atoms with Crippen LogP contribution in [0.5, 0.6) is 0 Å². The van der Waals surface area contributed by atoms with E-state index in [0.29, 0.717) is 6.42 Å². The first-order valence-corrected chi connectivity index (χ1v) is 5.19. The van der Waals surface area contributed by atoms with Gasteiger partial charge >= 0.3 is 5.69 Å². The number of ether oxygens (including phenoxy) is 2. The summed E-state index contributed by atoms with van der Waals surface area (Å²) in [4.78, 5) is 27.3. The molecule has 1 aromatic rings. The molecule has 1 saturated heterocycles. The molecule has 0 aliphatic carbocycles. The van der Waals surface area contributed by atoms with Crippen LogP contribution in [0.25, 0.3) is 10.4 Å². The monoisotopic (exact) mass is 253 g/mol. The molecule has 9 heteroatoms. The maximum atomic E-state index is 11.6. The predicted molar refractivity (Wildman–Crippen MR) is 59.8 cm³/mol. The van der Waals surface area contributed by atoms with Crippen LogP contribution in [0.1, 0.15) is 12.6 Å². The third-order valence-corrected chi connectivity index (χ3v) is 2.64. The SMILES string of the molecule is CO[C@H]1O[C@@H](n2ccc(=O)[nH]c2=O)C[C@@H]1N=[N+]=[N-]. The molecule has 2 rings (SSSR count). The van der Waals surface area contributed by atoms with Crippen LogP contribution in [0.15, 0.2) is 27.0 Å². The first-order chi connectivity index (χ1) is 8.65. The van der Waals surface area contributed by atoms with Crippen LogP contribution in [0.3, 0.4) is 0 Å². The lowest BCUT2D eigenvalue weighted by Gasteiger charge is -2.14. The molecule has 1 aromatic heterocycles. The van der Waals surface area contributed by atoms with Gasteiger partial charge in [-0.3, -0.25) is 14.3 Å². The molecular formula is C9H11N5O4. The third kappa shape index (κ3) is 2.28. The Morgan fingerprint density at radius 2 is 2.44 bits per heavy atom. The smallest absolute Gasteiger partial charge is 0.330 e. The number of aromatic amines is 1. The zero-order valence-electron chi connectivity index (χ0n) is 9.52. The van der Waals surface area contributed by atoms with E-state index < -0.39 is 29.8 Å². The van der Waals surface area contributed by atoms with Crippen LogP contribution in [-0.4, -0.2) is 29.0 Å². The summed E-state index contributed by atoms with van der Waals surface area (Å²) in [6.45, 7) is 0. The first kappa shape index (κ1) is 12.4. The molecule has 1 aliphatic heterocycles. The third-order valence-electron chi connectivity index (χ3n) is 2.64. The minimum atomic E-state index is -0.704. The van der Waals surface area contributed by atoms with Crippen molar-refractivity contribution in [3.63, 3.8) is 0 Å². The Morgan fingerprint density at radius 3 is 3.06 bits per heavy atom. The van der Waals surface area contributed by atoms with Gasteiger partial charge in [-0.05, 0) is 5.53 Å². The highest BCUT2D eigenvalue weighted by Crippen LogP contribution is 2.29. The molecule has 0 aromatic carbocycles. The van der Waals surface area contributed by atoms with E-state index in [-0.39, 0.29) is 0 Å². The van der Waals surface area contributed by atoms with Crippen molar-refractivity contribution in [3.05, 3.63) is 43.5 Å². The second-order valence-corrected chi connectivity index (χ2v) is 3.72. The highest BCUT2D eigenvalue weighted by molar-refractivity contribution is 4.88. The molecule has 0 radical (unpaired) electrons. The molecule has 9 nitrogen and oxygen atoms in total. The average molecular weight is 253 g/mol. The van der Waals surface area contributed by atoms with E-state index >= 15 is 0 Å². The van der Waals surface area contributed by atoms with Gasteiger partial charge in [0, 0.05) is 30.7 Å². The molecule has 0 bridgehead atoms. The molecule has 0 amide bonds. The Balaban J connectivity index is 2.28. The molecule has 96 valence electrons. The molecule has 18 heavy (non-hydrogen) atoms. The summed E-state index contributed by atoms with van der Waals surface area (Å²) in [6.07, 6.45) is 0.297. The van der Waals surface area contributed by atoms with Crippen molar-refractivity contribution >= 4 is 0 Å². The summed E-state index contributed by atoms with van der Waals surface area (Å²) in [5, 5.41) is 3.54. The maximum Gasteiger partial charge on any atom is 0.330 e. The van der Waals surface area contributed by atoms with Crippen molar-refractivity contribution in [1.82, 2.24) is 9.55 Å². The van der Waals surface area contributed by atoms with E-state index in [2.05, 4.69) is 15.0 Å². The Hall–Kier alpha value is -2.09. The Morgan fingerprint density at radius 1 is 1.67 bits per heavy atom. The van der Waals surface area contributed by atoms with Crippen LogP contribution >= 0.6 is 0 Å². The van der Waals surface area contributed by atoms with E-state index in [1.165, 1.54) is 23.9 Å². The Kier molecular flexibility index (Phi) is 3.47. The van der Waals surface area contributed by atoms with Crippen LogP contribution in [0.4, 0.5) is 0 Å². The highest BCUT2D eigenvalue weighted by atomic mass is 16.7. The number of H-pyrrole nitrogens is 1. The van der Waals surface area contributed by atoms with E-state index in [4.69, 9.17) is 15.0 Å². The normalized spacial score (nSPS) is 26.8. The second-order valence-electron chi connectivity index (χ2n) is 3.72. The zero-order chi connectivity index (χ0) is 13.1. The van der Waals surface area contributed by atoms with Crippen LogP contribution in [-0.2, 0) is 9.47 Å². The maximum absolute atomic E-state index is 11.6. The van der Waals surface area contributed by atoms with Crippen LogP contribution < -0.4 is 11.2 Å². The molecule has 2 heterocycles. The van der Waals surface area contributed by atoms with Crippen LogP contribution in [0.2, 0.25) is 0 Å². The fraction of sp³-hybridized carbons (Fsp3) is 0.556. The van der Waals surface area contributed by atoms with Gasteiger partial charge in [0.1, 0.15) is 6.23 Å². The second kappa shape index (κ2) is 5.05. The van der Waals surface area contributed by atoms with E-state index in [0.717, 1.165) is 0 Å². The lowest BCUT2D eigenvalue weighted by atomic mass is 10.2. The van der Waals surface area contributed by atoms with Gasteiger partial charge in [-0.15, -0.1) is 0 Å². The van der Waals surface area contributed by atoms with Crippen molar-refractivity contribution in [3.8, 4) is 0 Å². The van der Waals surface area contributed by atoms with Gasteiger partial charge in [0.25, 0.3) is 5.56 Å². The first-order valence-electron chi connectivity index (χ1n) is 5.19. The number of methoxy groups -OCH3 is 1. The quantitative estimate of drug-likeness (QED) is 0.466. The van der Waals surface area contributed by atoms with E-state index in [9.17, 15) is 9.59 Å². The lowest BCUT2D eigenvalue weighted by Crippen LogP contribution is -2.31. The Labute approximate surface area is 101 Å². The fourth-order valence-corrected chi connectivity index (χ4v) is 1.83. The van der Waals surface area contributed by atoms with Gasteiger partial charge in [-0.2, -0.15) is 0 Å². The topological polar surface area (TPSA) is 122 Å². The number of hydrogen-bond donors (Lipinski definition) is 1. The number of azide groups is 1. The molecule has 1 fully saturated rings. The van der Waals surface area contributed by atoms with Gasteiger partial charge in [0.2, 0.25) is 0 Å². The van der Waals surface area contributed by atoms with Crippen molar-refractivity contribution in [2.75, 3.05) is 7.11 Å². The van der Waals surface area contributed by atoms with E-state index in [1.807, 2.05) is 0 Å². The number of nitrogens with one attached hydrogen (secondary N) is 1. The fourth-order valence-electron chi connectivity index (χ4n) is 1.83. The van der Waals surface area contributed by atoms with Crippen molar-refractivity contribution in [1.29, 1.82) is 0 Å². The minimum Gasteiger partial charge on any atom is -0.355 e. The summed E-state index contributed by atoms with van der Waals surface area (Å²) in [6, 6.07) is 0.705. The molecule has 0 saturated carbocycles. The largest absolute Gasteiger partial charge is 0.355 e. The van der Waals surface area contributed by atoms with Gasteiger partial charge in [-0.1, -0.05) is 5.11 Å². The molecule has 1 aliphatic rings. The summed E-state index contributed by atoms with van der Waals surface area (Å²) in [5.74, 6) is 0. The molecule has 0 unspecified atom stereocenters. The summed E-state index contributed by atoms with van der Waals surface area (Å²) in [5.41, 5.74) is 7.36. The van der Waals surface area contributed by atoms with Gasteiger partial charge in [0.15, 0.2) is 6.29 Å². The van der Waals surface area contributed by atoms with Gasteiger partial charge in [0.05, 0.1) is 6.04 Å². The van der Waals surface area contributed by atoms with E-state index in [1.54, 1.807) is 0 Å². The molecule has 3 atom stereocenters. The zero-order valence-corrected chi connectivity index (χ0v) is 9.52. The number of rotatable bonds is 3. The average Bonchev–Trinajstić information content (AvgIpc) is 2.72. The summed E-state index contributed by atoms with van der Waals surface area (Å²) in [7, 11) is 1.42. The predicted octanol–water partition coefficient (Wildman–Crippen LogP) is 0.107. The number of nitrogens with zero attached hydrogens (tertiary/aromatic N) is 4. The van der Waals surface area contributed by atoms with Crippen LogP contribution in [0, 0.1) is 0 Å². The number of hydrogen-bond acceptors (Lipinski definition) is 5. The molecular weight excluding hydrogens is 242 g/mol. The summed E-state index contributed by atoms with van der Waals surface area (Å²) >= 11 is 0. The van der Waals surface area contributed by atoms with Gasteiger partial charge in [-0.25, -0.2) is 4.79 Å². The summed E-state index contributed by atoms with van der Waals surface area (Å²) < 4.78 is 11.7. The highest BCUT2D eigenvalue weighted by Gasteiger charge is 2.36.